The van der Waals surface area contributed by atoms with Crippen LogP contribution in [0, 0.1) is 0 Å². The average molecular weight is 302 g/mol. The van der Waals surface area contributed by atoms with Gasteiger partial charge in [-0.05, 0) is 18.9 Å². The molecule has 1 aromatic rings. The average Bonchev–Trinajstić information content (AvgIpc) is 2.96. The van der Waals surface area contributed by atoms with Crippen molar-refractivity contribution in [3.8, 4) is 0 Å². The molecule has 0 saturated carbocycles. The van der Waals surface area contributed by atoms with Crippen LogP contribution in [0.1, 0.15) is 36.6 Å². The zero-order chi connectivity index (χ0) is 15.0. The van der Waals surface area contributed by atoms with Crippen LogP contribution in [0.15, 0.2) is 16.7 Å². The zero-order valence-corrected chi connectivity index (χ0v) is 11.4. The summed E-state index contributed by atoms with van der Waals surface area (Å²) in [5, 5.41) is 3.32. The number of carbonyl (C=O) groups is 1. The number of amides is 1. The molecule has 0 spiro atoms. The van der Waals surface area contributed by atoms with Crippen LogP contribution < -0.4 is 5.32 Å². The highest BCUT2D eigenvalue weighted by Crippen LogP contribution is 2.32. The summed E-state index contributed by atoms with van der Waals surface area (Å²) in [7, 11) is 0. The molecular weight excluding hydrogens is 285 g/mol. The summed E-state index contributed by atoms with van der Waals surface area (Å²) >= 11 is 0. The first-order valence-corrected chi connectivity index (χ1v) is 7.09. The van der Waals surface area contributed by atoms with Gasteiger partial charge >= 0.3 is 6.18 Å². The largest absolute Gasteiger partial charge is 0.469 e. The number of fused-ring (bicyclic) bond motifs is 1. The van der Waals surface area contributed by atoms with Crippen LogP contribution in [0.25, 0.3) is 0 Å². The lowest BCUT2D eigenvalue weighted by atomic mass is 9.93. The van der Waals surface area contributed by atoms with E-state index in [1.54, 1.807) is 6.26 Å². The lowest BCUT2D eigenvalue weighted by Gasteiger charge is -2.26. The molecule has 3 rings (SSSR count). The van der Waals surface area contributed by atoms with Gasteiger partial charge < -0.3 is 14.6 Å². The molecule has 1 aliphatic heterocycles. The molecule has 1 saturated heterocycles. The van der Waals surface area contributed by atoms with Crippen molar-refractivity contribution < 1.29 is 22.4 Å². The molecule has 2 aliphatic rings. The molecule has 2 heterocycles. The van der Waals surface area contributed by atoms with E-state index < -0.39 is 18.6 Å². The summed E-state index contributed by atoms with van der Waals surface area (Å²) in [6.07, 6.45) is 0.208. The maximum absolute atomic E-state index is 12.4. The lowest BCUT2D eigenvalue weighted by molar-refractivity contribution is -0.157. The first-order valence-electron chi connectivity index (χ1n) is 7.09. The number of aryl methyl sites for hydroxylation is 1. The Morgan fingerprint density at radius 3 is 3.00 bits per heavy atom. The van der Waals surface area contributed by atoms with Gasteiger partial charge in [-0.3, -0.25) is 4.79 Å². The van der Waals surface area contributed by atoms with Crippen LogP contribution in [0.4, 0.5) is 13.2 Å². The van der Waals surface area contributed by atoms with Gasteiger partial charge in [0, 0.05) is 37.0 Å². The molecular formula is C14H17F3N2O2. The Morgan fingerprint density at radius 1 is 1.43 bits per heavy atom. The highest BCUT2D eigenvalue weighted by Gasteiger charge is 2.39. The Kier molecular flexibility index (Phi) is 3.69. The van der Waals surface area contributed by atoms with E-state index in [9.17, 15) is 18.0 Å². The minimum absolute atomic E-state index is 0.0659. The number of halogens is 3. The van der Waals surface area contributed by atoms with Crippen LogP contribution in [-0.2, 0) is 11.2 Å². The molecule has 1 aliphatic carbocycles. The zero-order valence-electron chi connectivity index (χ0n) is 11.4. The van der Waals surface area contributed by atoms with Gasteiger partial charge in [-0.1, -0.05) is 0 Å². The van der Waals surface area contributed by atoms with Crippen LogP contribution in [-0.4, -0.2) is 36.1 Å². The molecule has 4 nitrogen and oxygen atoms in total. The second kappa shape index (κ2) is 5.36. The van der Waals surface area contributed by atoms with E-state index in [2.05, 4.69) is 5.32 Å². The number of furan rings is 1. The number of carbonyl (C=O) groups excluding carboxylic acids is 1. The number of nitrogens with zero attached hydrogens (tertiary/aromatic N) is 1. The van der Waals surface area contributed by atoms with Crippen LogP contribution in [0.3, 0.4) is 0 Å². The Morgan fingerprint density at radius 2 is 2.24 bits per heavy atom. The van der Waals surface area contributed by atoms with Gasteiger partial charge in [-0.2, -0.15) is 13.2 Å². The molecule has 116 valence electrons. The fourth-order valence-corrected chi connectivity index (χ4v) is 3.20. The van der Waals surface area contributed by atoms with Crippen molar-refractivity contribution in [3.05, 3.63) is 23.7 Å². The van der Waals surface area contributed by atoms with Gasteiger partial charge in [-0.15, -0.1) is 0 Å². The van der Waals surface area contributed by atoms with Crippen LogP contribution >= 0.6 is 0 Å². The van der Waals surface area contributed by atoms with Crippen molar-refractivity contribution in [1.82, 2.24) is 10.2 Å². The van der Waals surface area contributed by atoms with Crippen LogP contribution in [0.5, 0.6) is 0 Å². The monoisotopic (exact) mass is 302 g/mol. The summed E-state index contributed by atoms with van der Waals surface area (Å²) in [6, 6.07) is 1.73. The van der Waals surface area contributed by atoms with E-state index in [4.69, 9.17) is 4.42 Å². The molecule has 7 heteroatoms. The molecule has 1 aromatic heterocycles. The molecule has 0 unspecified atom stereocenters. The fourth-order valence-electron chi connectivity index (χ4n) is 3.20. The van der Waals surface area contributed by atoms with Gasteiger partial charge in [0.25, 0.3) is 0 Å². The molecule has 1 N–H and O–H groups in total. The third-order valence-electron chi connectivity index (χ3n) is 4.07. The first-order chi connectivity index (χ1) is 9.92. The number of likely N-dealkylation sites (tertiary alicyclic amines) is 1. The van der Waals surface area contributed by atoms with Crippen molar-refractivity contribution >= 4 is 5.91 Å². The number of hydrogen-bond acceptors (Lipinski definition) is 3. The second-order valence-electron chi connectivity index (χ2n) is 5.70. The minimum Gasteiger partial charge on any atom is -0.469 e. The van der Waals surface area contributed by atoms with Gasteiger partial charge in [0.1, 0.15) is 12.3 Å². The first kappa shape index (κ1) is 14.4. The normalized spacial score (nSPS) is 26.2. The maximum atomic E-state index is 12.4. The van der Waals surface area contributed by atoms with Crippen molar-refractivity contribution in [2.75, 3.05) is 13.1 Å². The summed E-state index contributed by atoms with van der Waals surface area (Å²) in [5.74, 6) is 0.503. The topological polar surface area (TPSA) is 45.5 Å². The van der Waals surface area contributed by atoms with Crippen molar-refractivity contribution in [1.29, 1.82) is 0 Å². The Hall–Kier alpha value is -1.50. The summed E-state index contributed by atoms with van der Waals surface area (Å²) in [6.45, 7) is -1.05. The van der Waals surface area contributed by atoms with E-state index in [0.717, 1.165) is 35.5 Å². The van der Waals surface area contributed by atoms with Crippen LogP contribution in [0.2, 0.25) is 0 Å². The summed E-state index contributed by atoms with van der Waals surface area (Å²) in [5.41, 5.74) is 1.07. The molecule has 0 radical (unpaired) electrons. The standard InChI is InChI=1S/C14H17F3N2O2/c15-14(16,17)8-19-7-9(6-13(19)20)18-11-2-1-3-12-10(11)4-5-21-12/h4-5,9,11,18H,1-3,6-8H2/t9-,11+/m1/s1. The van der Waals surface area contributed by atoms with Crippen molar-refractivity contribution in [2.45, 2.75) is 43.9 Å². The number of alkyl halides is 3. The Balaban J connectivity index is 1.62. The van der Waals surface area contributed by atoms with E-state index in [-0.39, 0.29) is 25.0 Å². The number of rotatable bonds is 3. The summed E-state index contributed by atoms with van der Waals surface area (Å²) < 4.78 is 42.6. The predicted octanol–water partition coefficient (Wildman–Crippen LogP) is 2.41. The highest BCUT2D eigenvalue weighted by atomic mass is 19.4. The molecule has 0 aromatic carbocycles. The van der Waals surface area contributed by atoms with E-state index in [1.165, 1.54) is 0 Å². The SMILES string of the molecule is O=C1C[C@@H](N[C@H]2CCCc3occc32)CN1CC(F)(F)F. The summed E-state index contributed by atoms with van der Waals surface area (Å²) in [4.78, 5) is 12.6. The quantitative estimate of drug-likeness (QED) is 0.932. The fraction of sp³-hybridized carbons (Fsp3) is 0.643. The smallest absolute Gasteiger partial charge is 0.406 e. The highest BCUT2D eigenvalue weighted by molar-refractivity contribution is 5.79. The van der Waals surface area contributed by atoms with Gasteiger partial charge in [0.05, 0.1) is 6.26 Å². The minimum atomic E-state index is -4.34. The van der Waals surface area contributed by atoms with Gasteiger partial charge in [-0.25, -0.2) is 0 Å². The third kappa shape index (κ3) is 3.23. The van der Waals surface area contributed by atoms with E-state index >= 15 is 0 Å². The Labute approximate surface area is 120 Å². The Bertz CT molecular complexity index is 527. The third-order valence-corrected chi connectivity index (χ3v) is 4.07. The lowest BCUT2D eigenvalue weighted by Crippen LogP contribution is -2.39. The van der Waals surface area contributed by atoms with Gasteiger partial charge in [0.15, 0.2) is 0 Å². The maximum Gasteiger partial charge on any atom is 0.406 e. The second-order valence-corrected chi connectivity index (χ2v) is 5.70. The molecule has 1 fully saturated rings. The number of hydrogen-bond donors (Lipinski definition) is 1. The van der Waals surface area contributed by atoms with Crippen molar-refractivity contribution in [3.63, 3.8) is 0 Å². The molecule has 0 bridgehead atoms. The number of nitrogens with one attached hydrogen (secondary N) is 1. The van der Waals surface area contributed by atoms with E-state index in [0.29, 0.717) is 0 Å². The van der Waals surface area contributed by atoms with Gasteiger partial charge in [0.2, 0.25) is 5.91 Å². The van der Waals surface area contributed by atoms with E-state index in [1.807, 2.05) is 6.07 Å². The predicted molar refractivity (Wildman–Crippen MR) is 68.6 cm³/mol. The molecule has 2 atom stereocenters. The molecule has 21 heavy (non-hydrogen) atoms. The van der Waals surface area contributed by atoms with Crippen molar-refractivity contribution in [2.24, 2.45) is 0 Å². The molecule has 1 amide bonds.